The Morgan fingerprint density at radius 2 is 0.308 bits per heavy atom. The highest BCUT2D eigenvalue weighted by molar-refractivity contribution is 6.24. The van der Waals surface area contributed by atoms with E-state index in [2.05, 4.69) is 291 Å². The fourth-order valence-electron chi connectivity index (χ4n) is 12.9. The van der Waals surface area contributed by atoms with Crippen molar-refractivity contribution in [2.75, 3.05) is 0 Å². The van der Waals surface area contributed by atoms with Crippen molar-refractivity contribution in [1.29, 1.82) is 0 Å². The minimum Gasteiger partial charge on any atom is -0.0616 e. The Hall–Kier alpha value is -10.1. The van der Waals surface area contributed by atoms with E-state index in [1.807, 2.05) is 0 Å². The molecule has 16 aromatic rings. The summed E-state index contributed by atoms with van der Waals surface area (Å²) in [6, 6.07) is 109. The molecule has 16 aromatic carbocycles. The molecule has 0 heterocycles. The van der Waals surface area contributed by atoms with Crippen LogP contribution in [0.4, 0.5) is 0 Å². The van der Waals surface area contributed by atoms with Crippen LogP contribution in [0, 0.1) is 0 Å². The molecule has 0 nitrogen and oxygen atoms in total. The molecule has 0 N–H and O–H groups in total. The molecule has 0 amide bonds. The van der Waals surface area contributed by atoms with E-state index in [1.54, 1.807) is 0 Å². The lowest BCUT2D eigenvalue weighted by atomic mass is 9.84. The molecule has 0 radical (unpaired) electrons. The molecule has 0 spiro atoms. The molecule has 0 saturated heterocycles. The van der Waals surface area contributed by atoms with Crippen LogP contribution in [0.2, 0.25) is 0 Å². The van der Waals surface area contributed by atoms with Gasteiger partial charge < -0.3 is 0 Å². The highest BCUT2D eigenvalue weighted by Crippen LogP contribution is 2.48. The van der Waals surface area contributed by atoms with E-state index in [9.17, 15) is 0 Å². The van der Waals surface area contributed by atoms with Crippen LogP contribution in [0.3, 0.4) is 0 Å². The van der Waals surface area contributed by atoms with E-state index in [1.165, 1.54) is 164 Å². The maximum absolute atomic E-state index is 2.45. The van der Waals surface area contributed by atoms with Gasteiger partial charge in [-0.15, -0.1) is 0 Å². The van der Waals surface area contributed by atoms with Gasteiger partial charge >= 0.3 is 0 Å². The third kappa shape index (κ3) is 7.22. The monoisotopic (exact) mass is 984 g/mol. The zero-order valence-electron chi connectivity index (χ0n) is 42.7. The molecule has 0 aromatic heterocycles. The molecule has 360 valence electrons. The summed E-state index contributed by atoms with van der Waals surface area (Å²) in [6.07, 6.45) is 0. The van der Waals surface area contributed by atoms with Gasteiger partial charge in [-0.2, -0.15) is 0 Å². The van der Waals surface area contributed by atoms with Crippen molar-refractivity contribution < 1.29 is 0 Å². The van der Waals surface area contributed by atoms with Gasteiger partial charge in [-0.3, -0.25) is 0 Å². The Bertz CT molecular complexity index is 4830. The maximum atomic E-state index is 2.45. The number of hydrogen-bond acceptors (Lipinski definition) is 0. The number of fused-ring (bicyclic) bond motifs is 9. The Balaban J connectivity index is 0.856. The SMILES string of the molecule is c1ccc2cc(-c3c4ccccc4c(-c4ccc5ccccc5c4)c4cc(-c5ccc6cc(-c7ccc8c(-c9ccc%10ccccc%10c9)c9ccccc9c(-c9ccc%10ccccc%10c9)c8c7)ccc6c5)ccc34)ccc2c1. The van der Waals surface area contributed by atoms with Crippen LogP contribution in [0.15, 0.2) is 291 Å². The van der Waals surface area contributed by atoms with Crippen LogP contribution in [0.1, 0.15) is 0 Å². The fraction of sp³-hybridized carbons (Fsp3) is 0. The first-order chi connectivity index (χ1) is 38.6. The van der Waals surface area contributed by atoms with Gasteiger partial charge in [0.1, 0.15) is 0 Å². The molecule has 0 bridgehead atoms. The van der Waals surface area contributed by atoms with Gasteiger partial charge in [-0.25, -0.2) is 0 Å². The average Bonchev–Trinajstić information content (AvgIpc) is 3.61. The molecule has 78 heavy (non-hydrogen) atoms. The predicted octanol–water partition coefficient (Wildman–Crippen LogP) is 22.1. The molecular formula is C78H48. The largest absolute Gasteiger partial charge is 0.0616 e. The first-order valence-corrected chi connectivity index (χ1v) is 27.1. The summed E-state index contributed by atoms with van der Waals surface area (Å²) < 4.78 is 0. The molecule has 0 aliphatic rings. The molecule has 0 saturated carbocycles. The molecule has 16 rings (SSSR count). The van der Waals surface area contributed by atoms with Gasteiger partial charge in [-0.1, -0.05) is 243 Å². The first kappa shape index (κ1) is 44.2. The molecule has 0 atom stereocenters. The Morgan fingerprint density at radius 3 is 0.628 bits per heavy atom. The van der Waals surface area contributed by atoms with E-state index < -0.39 is 0 Å². The number of rotatable bonds is 6. The molecule has 0 aliphatic heterocycles. The Labute approximate surface area is 452 Å². The van der Waals surface area contributed by atoms with E-state index in [0.29, 0.717) is 0 Å². The van der Waals surface area contributed by atoms with Gasteiger partial charge in [0.2, 0.25) is 0 Å². The lowest BCUT2D eigenvalue weighted by molar-refractivity contribution is 1.64. The minimum absolute atomic E-state index is 1.19. The lowest BCUT2D eigenvalue weighted by Gasteiger charge is -2.19. The zero-order valence-corrected chi connectivity index (χ0v) is 42.7. The Morgan fingerprint density at radius 1 is 0.115 bits per heavy atom. The fourth-order valence-corrected chi connectivity index (χ4v) is 12.9. The number of hydrogen-bond donors (Lipinski definition) is 0. The molecule has 0 fully saturated rings. The van der Waals surface area contributed by atoms with Crippen molar-refractivity contribution in [2.24, 2.45) is 0 Å². The van der Waals surface area contributed by atoms with Crippen LogP contribution < -0.4 is 0 Å². The second kappa shape index (κ2) is 17.7. The highest BCUT2D eigenvalue weighted by atomic mass is 14.2. The average molecular weight is 985 g/mol. The second-order valence-corrected chi connectivity index (χ2v) is 21.1. The highest BCUT2D eigenvalue weighted by Gasteiger charge is 2.21. The van der Waals surface area contributed by atoms with E-state index in [4.69, 9.17) is 0 Å². The molecule has 0 aliphatic carbocycles. The van der Waals surface area contributed by atoms with E-state index in [0.717, 1.165) is 0 Å². The van der Waals surface area contributed by atoms with Crippen LogP contribution >= 0.6 is 0 Å². The van der Waals surface area contributed by atoms with Crippen LogP contribution in [-0.2, 0) is 0 Å². The van der Waals surface area contributed by atoms with Gasteiger partial charge in [0.15, 0.2) is 0 Å². The summed E-state index contributed by atoms with van der Waals surface area (Å²) in [6.45, 7) is 0. The van der Waals surface area contributed by atoms with Crippen molar-refractivity contribution in [3.8, 4) is 66.8 Å². The third-order valence-electron chi connectivity index (χ3n) is 16.7. The van der Waals surface area contributed by atoms with Crippen LogP contribution in [0.5, 0.6) is 0 Å². The summed E-state index contributed by atoms with van der Waals surface area (Å²) in [5.41, 5.74) is 14.7. The summed E-state index contributed by atoms with van der Waals surface area (Å²) in [4.78, 5) is 0. The van der Waals surface area contributed by atoms with Gasteiger partial charge in [-0.05, 0) is 212 Å². The van der Waals surface area contributed by atoms with Crippen LogP contribution in [0.25, 0.3) is 164 Å². The van der Waals surface area contributed by atoms with Crippen LogP contribution in [-0.4, -0.2) is 0 Å². The molecule has 0 heteroatoms. The van der Waals surface area contributed by atoms with Crippen molar-refractivity contribution in [2.45, 2.75) is 0 Å². The van der Waals surface area contributed by atoms with Crippen molar-refractivity contribution in [3.63, 3.8) is 0 Å². The van der Waals surface area contributed by atoms with Crippen molar-refractivity contribution >= 4 is 97.0 Å². The summed E-state index contributed by atoms with van der Waals surface area (Å²) >= 11 is 0. The summed E-state index contributed by atoms with van der Waals surface area (Å²) in [5.74, 6) is 0. The quantitative estimate of drug-likeness (QED) is 0.146. The summed E-state index contributed by atoms with van der Waals surface area (Å²) in [7, 11) is 0. The van der Waals surface area contributed by atoms with Crippen molar-refractivity contribution in [1.82, 2.24) is 0 Å². The smallest absolute Gasteiger partial charge is 0.00259 e. The molecular weight excluding hydrogens is 937 g/mol. The van der Waals surface area contributed by atoms with Gasteiger partial charge in [0, 0.05) is 0 Å². The standard InChI is InChI=1S/C78H48/c1-5-17-53-43-63(33-25-49(53)13-1)75-67-21-9-11-23-69(67)77(65-35-27-51-15-3-7-19-55(51)45-65)73-47-61(37-39-71(73)75)59-31-29-58-42-60(32-30-57(58)41-59)62-38-40-72-74(48-62)78(66-36-28-52-16-4-8-20-56(52)46-66)70-24-12-10-22-68(70)76(72)64-34-26-50-14-2-6-18-54(50)44-64/h1-48H. The van der Waals surface area contributed by atoms with E-state index >= 15 is 0 Å². The normalized spacial score (nSPS) is 11.8. The zero-order chi connectivity index (χ0) is 51.3. The Kier molecular flexibility index (Phi) is 10.0. The summed E-state index contributed by atoms with van der Waals surface area (Å²) in [5, 5.41) is 22.4. The second-order valence-electron chi connectivity index (χ2n) is 21.1. The molecule has 0 unspecified atom stereocenters. The van der Waals surface area contributed by atoms with Crippen molar-refractivity contribution in [3.05, 3.63) is 291 Å². The van der Waals surface area contributed by atoms with Gasteiger partial charge in [0.25, 0.3) is 0 Å². The topological polar surface area (TPSA) is 0 Å². The van der Waals surface area contributed by atoms with E-state index in [-0.39, 0.29) is 0 Å². The maximum Gasteiger partial charge on any atom is -0.00259 e. The first-order valence-electron chi connectivity index (χ1n) is 27.1. The minimum atomic E-state index is 1.19. The third-order valence-corrected chi connectivity index (χ3v) is 16.7. The predicted molar refractivity (Wildman–Crippen MR) is 337 cm³/mol. The lowest BCUT2D eigenvalue weighted by Crippen LogP contribution is -1.92. The number of benzene rings is 16. The van der Waals surface area contributed by atoms with Gasteiger partial charge in [0.05, 0.1) is 0 Å².